The van der Waals surface area contributed by atoms with Crippen molar-refractivity contribution >= 4 is 16.5 Å². The molecule has 0 aliphatic carbocycles. The second-order valence-corrected chi connectivity index (χ2v) is 7.83. The number of hydrogen-bond donors (Lipinski definition) is 1. The summed E-state index contributed by atoms with van der Waals surface area (Å²) >= 11 is 1.87. The fraction of sp³-hybridized carbons (Fsp3) is 0.812. The fourth-order valence-electron chi connectivity index (χ4n) is 2.69. The summed E-state index contributed by atoms with van der Waals surface area (Å²) in [6, 6.07) is 0. The Hall–Kier alpha value is -0.610. The molecule has 0 radical (unpaired) electrons. The van der Waals surface area contributed by atoms with Gasteiger partial charge in [-0.2, -0.15) is 0 Å². The number of nitrogens with one attached hydrogen (secondary N) is 1. The minimum Gasteiger partial charge on any atom is -0.348 e. The van der Waals surface area contributed by atoms with Crippen LogP contribution in [0.15, 0.2) is 0 Å². The lowest BCUT2D eigenvalue weighted by molar-refractivity contribution is 0.422. The van der Waals surface area contributed by atoms with E-state index in [2.05, 4.69) is 44.8 Å². The second kappa shape index (κ2) is 6.90. The van der Waals surface area contributed by atoms with Crippen LogP contribution in [-0.4, -0.2) is 24.6 Å². The number of aryl methyl sites for hydroxylation is 1. The zero-order valence-electron chi connectivity index (χ0n) is 13.6. The van der Waals surface area contributed by atoms with E-state index in [0.29, 0.717) is 5.92 Å². The van der Waals surface area contributed by atoms with E-state index >= 15 is 0 Å². The molecule has 1 unspecified atom stereocenters. The van der Waals surface area contributed by atoms with Gasteiger partial charge in [0.15, 0.2) is 5.13 Å². The lowest BCUT2D eigenvalue weighted by Crippen LogP contribution is -2.20. The van der Waals surface area contributed by atoms with Gasteiger partial charge in [-0.1, -0.05) is 27.7 Å². The Morgan fingerprint density at radius 2 is 2.10 bits per heavy atom. The molecule has 4 heteroatoms. The fourth-order valence-corrected chi connectivity index (χ4v) is 3.76. The molecule has 1 saturated heterocycles. The number of aromatic nitrogens is 1. The van der Waals surface area contributed by atoms with Crippen molar-refractivity contribution in [3.63, 3.8) is 0 Å². The Morgan fingerprint density at radius 3 is 2.70 bits per heavy atom. The zero-order chi connectivity index (χ0) is 14.7. The third kappa shape index (κ3) is 3.95. The van der Waals surface area contributed by atoms with Gasteiger partial charge in [-0.25, -0.2) is 4.98 Å². The van der Waals surface area contributed by atoms with E-state index in [1.54, 1.807) is 0 Å². The molecule has 1 aromatic rings. The molecule has 2 heterocycles. The Kier molecular flexibility index (Phi) is 5.44. The lowest BCUT2D eigenvalue weighted by atomic mass is 9.95. The molecule has 20 heavy (non-hydrogen) atoms. The van der Waals surface area contributed by atoms with Crippen LogP contribution in [0.4, 0.5) is 5.13 Å². The van der Waals surface area contributed by atoms with Crippen molar-refractivity contribution in [3.05, 3.63) is 10.6 Å². The lowest BCUT2D eigenvalue weighted by Gasteiger charge is -2.16. The molecule has 1 atom stereocenters. The van der Waals surface area contributed by atoms with Crippen molar-refractivity contribution in [2.75, 3.05) is 24.5 Å². The van der Waals surface area contributed by atoms with Crippen LogP contribution in [0.25, 0.3) is 0 Å². The molecule has 0 amide bonds. The number of nitrogens with zero attached hydrogens (tertiary/aromatic N) is 2. The van der Waals surface area contributed by atoms with Crippen molar-refractivity contribution in [3.8, 4) is 0 Å². The van der Waals surface area contributed by atoms with Gasteiger partial charge in [0.2, 0.25) is 0 Å². The van der Waals surface area contributed by atoms with E-state index in [9.17, 15) is 0 Å². The van der Waals surface area contributed by atoms with Crippen molar-refractivity contribution in [1.29, 1.82) is 0 Å². The maximum atomic E-state index is 4.79. The third-order valence-electron chi connectivity index (χ3n) is 4.16. The predicted octanol–water partition coefficient (Wildman–Crippen LogP) is 3.68. The number of anilines is 1. The SMILES string of the molecule is Cc1nc(N2CCC(C(C)C)C2)sc1CNCC(C)C. The summed E-state index contributed by atoms with van der Waals surface area (Å²) in [5.74, 6) is 2.32. The minimum atomic E-state index is 0.702. The largest absolute Gasteiger partial charge is 0.348 e. The quantitative estimate of drug-likeness (QED) is 0.868. The van der Waals surface area contributed by atoms with Gasteiger partial charge in [0, 0.05) is 24.5 Å². The standard InChI is InChI=1S/C16H29N3S/c1-11(2)8-17-9-15-13(5)18-16(20-15)19-7-6-14(10-19)12(3)4/h11-12,14,17H,6-10H2,1-5H3. The van der Waals surface area contributed by atoms with Crippen molar-refractivity contribution < 1.29 is 0 Å². The molecule has 3 nitrogen and oxygen atoms in total. The summed E-state index contributed by atoms with van der Waals surface area (Å²) in [7, 11) is 0. The van der Waals surface area contributed by atoms with Gasteiger partial charge in [-0.15, -0.1) is 11.3 Å². The molecule has 1 aliphatic heterocycles. The normalized spacial score (nSPS) is 19.6. The highest BCUT2D eigenvalue weighted by Gasteiger charge is 2.27. The molecule has 1 aromatic heterocycles. The summed E-state index contributed by atoms with van der Waals surface area (Å²) in [6.07, 6.45) is 1.32. The van der Waals surface area contributed by atoms with Crippen molar-refractivity contribution in [2.45, 2.75) is 47.6 Å². The average Bonchev–Trinajstić information content (AvgIpc) is 2.96. The van der Waals surface area contributed by atoms with Crippen molar-refractivity contribution in [2.24, 2.45) is 17.8 Å². The van der Waals surface area contributed by atoms with E-state index in [1.165, 1.54) is 35.2 Å². The Balaban J connectivity index is 1.94. The van der Waals surface area contributed by atoms with E-state index in [1.807, 2.05) is 11.3 Å². The highest BCUT2D eigenvalue weighted by molar-refractivity contribution is 7.15. The highest BCUT2D eigenvalue weighted by Crippen LogP contribution is 2.32. The van der Waals surface area contributed by atoms with Crippen LogP contribution < -0.4 is 10.2 Å². The van der Waals surface area contributed by atoms with Gasteiger partial charge in [0.05, 0.1) is 5.69 Å². The first-order valence-corrected chi connectivity index (χ1v) is 8.71. The topological polar surface area (TPSA) is 28.2 Å². The molecule has 0 aromatic carbocycles. The maximum Gasteiger partial charge on any atom is 0.185 e. The Labute approximate surface area is 127 Å². The predicted molar refractivity (Wildman–Crippen MR) is 88.6 cm³/mol. The first kappa shape index (κ1) is 15.8. The Bertz CT molecular complexity index is 425. The van der Waals surface area contributed by atoms with Gasteiger partial charge in [0.1, 0.15) is 0 Å². The highest BCUT2D eigenvalue weighted by atomic mass is 32.1. The summed E-state index contributed by atoms with van der Waals surface area (Å²) in [5.41, 5.74) is 1.20. The van der Waals surface area contributed by atoms with Gasteiger partial charge < -0.3 is 10.2 Å². The smallest absolute Gasteiger partial charge is 0.185 e. The molecule has 0 bridgehead atoms. The van der Waals surface area contributed by atoms with Crippen molar-refractivity contribution in [1.82, 2.24) is 10.3 Å². The molecule has 0 spiro atoms. The van der Waals surface area contributed by atoms with Crippen LogP contribution in [0.2, 0.25) is 0 Å². The number of rotatable bonds is 6. The molecule has 1 aliphatic rings. The zero-order valence-corrected chi connectivity index (χ0v) is 14.4. The molecule has 1 fully saturated rings. The van der Waals surface area contributed by atoms with E-state index < -0.39 is 0 Å². The molecular weight excluding hydrogens is 266 g/mol. The van der Waals surface area contributed by atoms with Crippen LogP contribution in [0.1, 0.15) is 44.7 Å². The van der Waals surface area contributed by atoms with Crippen LogP contribution in [0.3, 0.4) is 0 Å². The molecule has 1 N–H and O–H groups in total. The first-order chi connectivity index (χ1) is 9.47. The van der Waals surface area contributed by atoms with Gasteiger partial charge in [-0.3, -0.25) is 0 Å². The minimum absolute atomic E-state index is 0.702. The van der Waals surface area contributed by atoms with Gasteiger partial charge in [0.25, 0.3) is 0 Å². The molecule has 114 valence electrons. The summed E-state index contributed by atoms with van der Waals surface area (Å²) < 4.78 is 0. The van der Waals surface area contributed by atoms with Crippen LogP contribution in [0, 0.1) is 24.7 Å². The van der Waals surface area contributed by atoms with Gasteiger partial charge >= 0.3 is 0 Å². The summed E-state index contributed by atoms with van der Waals surface area (Å²) in [5, 5.41) is 4.75. The molecule has 0 saturated carbocycles. The van der Waals surface area contributed by atoms with Crippen LogP contribution in [0.5, 0.6) is 0 Å². The first-order valence-electron chi connectivity index (χ1n) is 7.89. The summed E-state index contributed by atoms with van der Waals surface area (Å²) in [6.45, 7) is 15.7. The number of thiazole rings is 1. The number of hydrogen-bond acceptors (Lipinski definition) is 4. The second-order valence-electron chi connectivity index (χ2n) is 6.77. The van der Waals surface area contributed by atoms with E-state index in [0.717, 1.165) is 24.9 Å². The monoisotopic (exact) mass is 295 g/mol. The van der Waals surface area contributed by atoms with Gasteiger partial charge in [-0.05, 0) is 37.6 Å². The van der Waals surface area contributed by atoms with Crippen LogP contribution >= 0.6 is 11.3 Å². The van der Waals surface area contributed by atoms with E-state index in [-0.39, 0.29) is 0 Å². The molecule has 2 rings (SSSR count). The maximum absolute atomic E-state index is 4.79. The van der Waals surface area contributed by atoms with Crippen LogP contribution in [-0.2, 0) is 6.54 Å². The summed E-state index contributed by atoms with van der Waals surface area (Å²) in [4.78, 5) is 8.67. The Morgan fingerprint density at radius 1 is 1.35 bits per heavy atom. The average molecular weight is 295 g/mol. The third-order valence-corrected chi connectivity index (χ3v) is 5.38. The molecular formula is C16H29N3S. The van der Waals surface area contributed by atoms with E-state index in [4.69, 9.17) is 4.98 Å².